The van der Waals surface area contributed by atoms with Crippen molar-refractivity contribution >= 4 is 45.4 Å². The van der Waals surface area contributed by atoms with Crippen molar-refractivity contribution in [3.8, 4) is 0 Å². The lowest BCUT2D eigenvalue weighted by atomic mass is 9.43. The largest absolute Gasteiger partial charge is 0.460 e. The molecule has 5 rings (SSSR count). The van der Waals surface area contributed by atoms with E-state index >= 15 is 0 Å². The molecule has 3 atom stereocenters. The van der Waals surface area contributed by atoms with Gasteiger partial charge in [-0.1, -0.05) is 42.2 Å². The van der Waals surface area contributed by atoms with Crippen molar-refractivity contribution in [1.82, 2.24) is 0 Å². The number of esters is 1. The molecule has 4 bridgehead atoms. The van der Waals surface area contributed by atoms with Crippen molar-refractivity contribution in [2.24, 2.45) is 28.6 Å². The van der Waals surface area contributed by atoms with Gasteiger partial charge in [0.15, 0.2) is 0 Å². The van der Waals surface area contributed by atoms with Crippen molar-refractivity contribution < 1.29 is 40.5 Å². The highest BCUT2D eigenvalue weighted by Crippen LogP contribution is 2.66. The molecule has 4 fully saturated rings. The predicted octanol–water partition coefficient (Wildman–Crippen LogP) is 3.35. The summed E-state index contributed by atoms with van der Waals surface area (Å²) in [5, 5.41) is 0. The summed E-state index contributed by atoms with van der Waals surface area (Å²) in [6.45, 7) is -0.0747. The molecule has 3 unspecified atom stereocenters. The van der Waals surface area contributed by atoms with Crippen LogP contribution in [0.4, 0.5) is 13.2 Å². The lowest BCUT2D eigenvalue weighted by Crippen LogP contribution is -2.58. The first-order valence-electron chi connectivity index (χ1n) is 13.1. The Bertz CT molecular complexity index is 1220. The molecule has 1 aromatic rings. The molecular weight excluding hydrogens is 530 g/mol. The van der Waals surface area contributed by atoms with Crippen molar-refractivity contribution in [3.05, 3.63) is 34.4 Å². The first kappa shape index (κ1) is 30.2. The molecule has 0 heterocycles. The summed E-state index contributed by atoms with van der Waals surface area (Å²) >= 11 is 0. The van der Waals surface area contributed by atoms with Gasteiger partial charge in [-0.15, -0.1) is 0 Å². The number of alkyl halides is 3. The molecule has 1 aromatic carbocycles. The summed E-state index contributed by atoms with van der Waals surface area (Å²) in [4.78, 5) is 27.0. The van der Waals surface area contributed by atoms with Crippen LogP contribution in [0, 0.1) is 28.6 Å². The Kier molecular flexibility index (Phi) is 8.46. The third-order valence-corrected chi connectivity index (χ3v) is 9.73. The maximum absolute atomic E-state index is 13.6. The van der Waals surface area contributed by atoms with E-state index in [4.69, 9.17) is 32.8 Å². The molecule has 0 aliphatic heterocycles. The predicted molar refractivity (Wildman–Crippen MR) is 140 cm³/mol. The fraction of sp³-hybridized carbons (Fsp3) is 0.692. The maximum atomic E-state index is 13.6. The Hall–Kier alpha value is -1.75. The molecule has 0 amide bonds. The van der Waals surface area contributed by atoms with E-state index in [-0.39, 0.29) is 43.8 Å². The normalized spacial score (nSPS) is 28.8. The topological polar surface area (TPSA) is 97.7 Å². The Morgan fingerprint density at radius 1 is 1.00 bits per heavy atom. The first-order chi connectivity index (χ1) is 18.1. The van der Waals surface area contributed by atoms with E-state index in [1.54, 1.807) is 0 Å². The number of hydrogen-bond acceptors (Lipinski definition) is 5. The first-order valence-corrected chi connectivity index (χ1v) is 14.7. The van der Waals surface area contributed by atoms with E-state index in [0.717, 1.165) is 23.1 Å². The van der Waals surface area contributed by atoms with Crippen LogP contribution in [0.2, 0.25) is 0 Å². The van der Waals surface area contributed by atoms with Gasteiger partial charge in [0.2, 0.25) is 0 Å². The summed E-state index contributed by atoms with van der Waals surface area (Å²) in [5.74, 6) is -5.32. The quantitative estimate of drug-likeness (QED) is 0.254. The second-order valence-corrected chi connectivity index (χ2v) is 13.2. The van der Waals surface area contributed by atoms with E-state index in [1.165, 1.54) is 0 Å². The van der Waals surface area contributed by atoms with Gasteiger partial charge in [0.25, 0.3) is 10.1 Å². The second kappa shape index (κ2) is 10.9. The van der Waals surface area contributed by atoms with Crippen molar-refractivity contribution in [2.45, 2.75) is 76.7 Å². The van der Waals surface area contributed by atoms with Gasteiger partial charge in [-0.05, 0) is 61.5 Å². The minimum atomic E-state index is -4.98. The number of ketones is 1. The third kappa shape index (κ3) is 6.29. The van der Waals surface area contributed by atoms with Gasteiger partial charge in [0.05, 0.1) is 40.6 Å². The molecular formula is C26H30B3F3O6S. The smallest absolute Gasteiger partial charge is 0.393 e. The molecule has 206 valence electrons. The summed E-state index contributed by atoms with van der Waals surface area (Å²) in [7, 11) is 12.6. The van der Waals surface area contributed by atoms with E-state index in [1.807, 2.05) is 12.1 Å². The summed E-state index contributed by atoms with van der Waals surface area (Å²) < 4.78 is 78.1. The van der Waals surface area contributed by atoms with Gasteiger partial charge >= 0.3 is 12.1 Å². The molecule has 39 heavy (non-hydrogen) atoms. The van der Waals surface area contributed by atoms with Crippen LogP contribution >= 0.6 is 0 Å². The SMILES string of the molecule is [B]Cc1cc(C[B])c(C[B])c(COC(=O)C23CC4CC(CC(C(=O)CC(CS(=O)(=O)O)C(F)(F)F)(C4)C2)C3)c1. The molecule has 13 heteroatoms. The molecule has 1 N–H and O–H groups in total. The minimum Gasteiger partial charge on any atom is -0.460 e. The van der Waals surface area contributed by atoms with Gasteiger partial charge in [0.1, 0.15) is 12.4 Å². The fourth-order valence-corrected chi connectivity index (χ4v) is 8.46. The van der Waals surface area contributed by atoms with Crippen LogP contribution in [0.25, 0.3) is 0 Å². The summed E-state index contributed by atoms with van der Waals surface area (Å²) in [6, 6.07) is 3.67. The number of halogens is 3. The Morgan fingerprint density at radius 2 is 1.59 bits per heavy atom. The second-order valence-electron chi connectivity index (χ2n) is 11.7. The number of rotatable bonds is 11. The van der Waals surface area contributed by atoms with Gasteiger partial charge in [-0.2, -0.15) is 21.6 Å². The molecule has 4 aliphatic carbocycles. The van der Waals surface area contributed by atoms with E-state index in [0.29, 0.717) is 31.2 Å². The van der Waals surface area contributed by atoms with Crippen molar-refractivity contribution in [2.75, 3.05) is 5.75 Å². The zero-order valence-electron chi connectivity index (χ0n) is 21.6. The van der Waals surface area contributed by atoms with Gasteiger partial charge in [0, 0.05) is 11.8 Å². The monoisotopic (exact) mass is 560 g/mol. The number of carbonyl (C=O) groups excluding carboxylic acids is 2. The van der Waals surface area contributed by atoms with E-state index < -0.39 is 57.0 Å². The van der Waals surface area contributed by atoms with E-state index in [9.17, 15) is 31.2 Å². The zero-order chi connectivity index (χ0) is 28.8. The van der Waals surface area contributed by atoms with Gasteiger partial charge in [-0.3, -0.25) is 14.1 Å². The number of hydrogen-bond donors (Lipinski definition) is 1. The Balaban J connectivity index is 1.55. The Labute approximate surface area is 231 Å². The molecule has 6 radical (unpaired) electrons. The number of carbonyl (C=O) groups is 2. The van der Waals surface area contributed by atoms with Crippen LogP contribution in [0.15, 0.2) is 12.1 Å². The summed E-state index contributed by atoms with van der Waals surface area (Å²) in [6.07, 6.45) is -2.79. The van der Waals surface area contributed by atoms with Crippen molar-refractivity contribution in [1.29, 1.82) is 0 Å². The number of Topliss-reactive ketones (excluding diaryl/α,β-unsaturated/α-hetero) is 1. The Morgan fingerprint density at radius 3 is 2.10 bits per heavy atom. The lowest BCUT2D eigenvalue weighted by molar-refractivity contribution is -0.190. The maximum Gasteiger partial charge on any atom is 0.393 e. The zero-order valence-corrected chi connectivity index (χ0v) is 22.5. The van der Waals surface area contributed by atoms with Crippen LogP contribution in [0.3, 0.4) is 0 Å². The van der Waals surface area contributed by atoms with Crippen LogP contribution in [0.5, 0.6) is 0 Å². The highest BCUT2D eigenvalue weighted by molar-refractivity contribution is 7.85. The van der Waals surface area contributed by atoms with Crippen LogP contribution < -0.4 is 0 Å². The average molecular weight is 560 g/mol. The molecule has 0 spiro atoms. The van der Waals surface area contributed by atoms with Crippen molar-refractivity contribution in [3.63, 3.8) is 0 Å². The van der Waals surface area contributed by atoms with Crippen LogP contribution in [-0.4, -0.2) is 60.2 Å². The van der Waals surface area contributed by atoms with Gasteiger partial charge in [-0.25, -0.2) is 0 Å². The molecule has 0 aromatic heterocycles. The van der Waals surface area contributed by atoms with E-state index in [2.05, 4.69) is 0 Å². The molecule has 0 saturated heterocycles. The number of ether oxygens (including phenoxy) is 1. The van der Waals surface area contributed by atoms with Gasteiger partial charge < -0.3 is 4.74 Å². The molecule has 4 saturated carbocycles. The highest BCUT2D eigenvalue weighted by atomic mass is 32.2. The molecule has 6 nitrogen and oxygen atoms in total. The van der Waals surface area contributed by atoms with Crippen LogP contribution in [0.1, 0.15) is 67.2 Å². The minimum absolute atomic E-state index is 0.0160. The fourth-order valence-electron chi connectivity index (χ4n) is 7.65. The average Bonchev–Trinajstić information content (AvgIpc) is 2.83. The third-order valence-electron chi connectivity index (χ3n) is 8.91. The number of benzene rings is 1. The molecule has 4 aliphatic rings. The standard InChI is InChI=1S/C26H30B3F3O6S/c27-9-15-2-18(10-28)21(11-29)19(3-15)12-38-23(34)25-7-16-1-17(8-25)6-24(5-16,14-25)22(33)4-20(26(30,31)32)13-39(35,36)37/h2-3,16-17,20H,1,4-14H2,(H,35,36,37). The summed E-state index contributed by atoms with van der Waals surface area (Å²) in [5.41, 5.74) is 0.902. The van der Waals surface area contributed by atoms with Crippen LogP contribution in [-0.2, 0) is 50.0 Å². The lowest BCUT2D eigenvalue weighted by Gasteiger charge is -2.60. The highest BCUT2D eigenvalue weighted by Gasteiger charge is 2.64.